The summed E-state index contributed by atoms with van der Waals surface area (Å²) < 4.78 is 0. The fourth-order valence-electron chi connectivity index (χ4n) is 3.24. The lowest BCUT2D eigenvalue weighted by Gasteiger charge is -2.40. The fourth-order valence-corrected chi connectivity index (χ4v) is 3.24. The third kappa shape index (κ3) is 2.25. The van der Waals surface area contributed by atoms with E-state index in [9.17, 15) is 4.79 Å². The molecule has 0 radical (unpaired) electrons. The molecule has 1 heteroatoms. The van der Waals surface area contributed by atoms with Crippen molar-refractivity contribution in [2.45, 2.75) is 59.3 Å². The van der Waals surface area contributed by atoms with Crippen LogP contribution >= 0.6 is 0 Å². The second kappa shape index (κ2) is 4.80. The van der Waals surface area contributed by atoms with E-state index in [2.05, 4.69) is 26.0 Å². The van der Waals surface area contributed by atoms with Crippen LogP contribution in [-0.4, -0.2) is 5.78 Å². The minimum Gasteiger partial charge on any atom is -0.299 e. The van der Waals surface area contributed by atoms with E-state index >= 15 is 0 Å². The molecule has 0 aliphatic heterocycles. The van der Waals surface area contributed by atoms with Gasteiger partial charge in [-0.15, -0.1) is 0 Å². The molecule has 0 aromatic carbocycles. The standard InChI is InChI=1S/C16H24O/c1-12-15-9-7-5-4-6-8-14(15)10-11-16(12,3)13(2)17/h7,9,12H,4-6,8,10-11H2,1-3H3/b9-7-/t12-,16+/m0/s1. The summed E-state index contributed by atoms with van der Waals surface area (Å²) in [5.41, 5.74) is 2.95. The van der Waals surface area contributed by atoms with Crippen molar-refractivity contribution in [1.29, 1.82) is 0 Å². The highest BCUT2D eigenvalue weighted by atomic mass is 16.1. The highest BCUT2D eigenvalue weighted by Crippen LogP contribution is 2.46. The van der Waals surface area contributed by atoms with Crippen LogP contribution in [0.4, 0.5) is 0 Å². The summed E-state index contributed by atoms with van der Waals surface area (Å²) in [5, 5.41) is 0. The third-order valence-corrected chi connectivity index (χ3v) is 4.98. The van der Waals surface area contributed by atoms with Gasteiger partial charge in [0.25, 0.3) is 0 Å². The maximum absolute atomic E-state index is 11.9. The quantitative estimate of drug-likeness (QED) is 0.653. The van der Waals surface area contributed by atoms with Crippen LogP contribution in [-0.2, 0) is 4.79 Å². The van der Waals surface area contributed by atoms with E-state index in [0.29, 0.717) is 11.7 Å². The number of carbonyl (C=O) groups excluding carboxylic acids is 1. The molecule has 2 aliphatic carbocycles. The van der Waals surface area contributed by atoms with Crippen LogP contribution in [0.25, 0.3) is 0 Å². The van der Waals surface area contributed by atoms with Crippen molar-refractivity contribution in [3.63, 3.8) is 0 Å². The normalized spacial score (nSPS) is 35.8. The van der Waals surface area contributed by atoms with Gasteiger partial charge in [0.1, 0.15) is 5.78 Å². The molecule has 2 atom stereocenters. The van der Waals surface area contributed by atoms with Crippen LogP contribution in [0.5, 0.6) is 0 Å². The highest BCUT2D eigenvalue weighted by Gasteiger charge is 2.40. The van der Waals surface area contributed by atoms with Crippen molar-refractivity contribution in [2.24, 2.45) is 11.3 Å². The zero-order valence-corrected chi connectivity index (χ0v) is 11.4. The van der Waals surface area contributed by atoms with Gasteiger partial charge in [-0.2, -0.15) is 0 Å². The number of hydrogen-bond acceptors (Lipinski definition) is 1. The van der Waals surface area contributed by atoms with E-state index < -0.39 is 0 Å². The minimum atomic E-state index is -0.137. The van der Waals surface area contributed by atoms with E-state index in [4.69, 9.17) is 0 Å². The predicted octanol–water partition coefficient (Wildman–Crippen LogP) is 4.44. The Bertz CT molecular complexity index is 375. The lowest BCUT2D eigenvalue weighted by Crippen LogP contribution is -2.37. The average Bonchev–Trinajstić information content (AvgIpc) is 2.25. The van der Waals surface area contributed by atoms with Crippen molar-refractivity contribution in [1.82, 2.24) is 0 Å². The Kier molecular flexibility index (Phi) is 3.56. The lowest BCUT2D eigenvalue weighted by molar-refractivity contribution is -0.128. The number of carbonyl (C=O) groups is 1. The smallest absolute Gasteiger partial charge is 0.136 e. The van der Waals surface area contributed by atoms with Crippen molar-refractivity contribution in [3.8, 4) is 0 Å². The molecule has 0 saturated carbocycles. The number of Topliss-reactive ketones (excluding diaryl/α,β-unsaturated/α-hetero) is 1. The maximum Gasteiger partial charge on any atom is 0.136 e. The van der Waals surface area contributed by atoms with Crippen molar-refractivity contribution >= 4 is 5.78 Å². The van der Waals surface area contributed by atoms with Crippen molar-refractivity contribution in [3.05, 3.63) is 23.3 Å². The molecule has 94 valence electrons. The van der Waals surface area contributed by atoms with Crippen LogP contribution < -0.4 is 0 Å². The van der Waals surface area contributed by atoms with Gasteiger partial charge in [0.05, 0.1) is 0 Å². The Hall–Kier alpha value is -0.850. The van der Waals surface area contributed by atoms with Crippen LogP contribution in [0.1, 0.15) is 59.3 Å². The van der Waals surface area contributed by atoms with Crippen molar-refractivity contribution in [2.75, 3.05) is 0 Å². The summed E-state index contributed by atoms with van der Waals surface area (Å²) in [6.45, 7) is 6.15. The molecule has 0 aromatic heterocycles. The SMILES string of the molecule is CC(=O)[C@]1(C)CCC2=C(/C=C\CCCC2)[C@@H]1C. The number of allylic oxidation sites excluding steroid dienone is 4. The first-order valence-electron chi connectivity index (χ1n) is 6.95. The largest absolute Gasteiger partial charge is 0.299 e. The topological polar surface area (TPSA) is 17.1 Å². The number of hydrogen-bond donors (Lipinski definition) is 0. The van der Waals surface area contributed by atoms with E-state index in [1.54, 1.807) is 12.5 Å². The van der Waals surface area contributed by atoms with Crippen LogP contribution in [0, 0.1) is 11.3 Å². The van der Waals surface area contributed by atoms with E-state index in [0.717, 1.165) is 12.8 Å². The second-order valence-electron chi connectivity index (χ2n) is 5.90. The van der Waals surface area contributed by atoms with Gasteiger partial charge in [-0.05, 0) is 56.9 Å². The minimum absolute atomic E-state index is 0.137. The molecule has 17 heavy (non-hydrogen) atoms. The molecular formula is C16H24O. The molecule has 0 fully saturated rings. The number of ketones is 1. The second-order valence-corrected chi connectivity index (χ2v) is 5.90. The molecule has 0 amide bonds. The maximum atomic E-state index is 11.9. The van der Waals surface area contributed by atoms with Gasteiger partial charge < -0.3 is 0 Å². The van der Waals surface area contributed by atoms with Gasteiger partial charge in [-0.3, -0.25) is 4.79 Å². The van der Waals surface area contributed by atoms with Gasteiger partial charge in [-0.1, -0.05) is 31.6 Å². The first-order chi connectivity index (χ1) is 8.05. The molecule has 0 spiro atoms. The summed E-state index contributed by atoms with van der Waals surface area (Å²) in [5.74, 6) is 0.741. The molecule has 1 nitrogen and oxygen atoms in total. The molecule has 0 aromatic rings. The Balaban J connectivity index is 2.35. The number of rotatable bonds is 1. The molecule has 0 saturated heterocycles. The summed E-state index contributed by atoms with van der Waals surface area (Å²) in [6, 6.07) is 0. The van der Waals surface area contributed by atoms with E-state index in [1.807, 2.05) is 0 Å². The first kappa shape index (κ1) is 12.6. The highest BCUT2D eigenvalue weighted by molar-refractivity contribution is 5.83. The average molecular weight is 232 g/mol. The van der Waals surface area contributed by atoms with Crippen LogP contribution in [0.15, 0.2) is 23.3 Å². The molecule has 2 aliphatic rings. The molecule has 0 unspecified atom stereocenters. The predicted molar refractivity (Wildman–Crippen MR) is 71.8 cm³/mol. The lowest BCUT2D eigenvalue weighted by atomic mass is 9.63. The molecule has 0 heterocycles. The first-order valence-corrected chi connectivity index (χ1v) is 6.95. The Morgan fingerprint density at radius 1 is 1.35 bits per heavy atom. The van der Waals surface area contributed by atoms with Crippen LogP contribution in [0.3, 0.4) is 0 Å². The zero-order valence-electron chi connectivity index (χ0n) is 11.4. The van der Waals surface area contributed by atoms with Gasteiger partial charge in [0.15, 0.2) is 0 Å². The third-order valence-electron chi connectivity index (χ3n) is 4.98. The molecular weight excluding hydrogens is 208 g/mol. The Morgan fingerprint density at radius 3 is 2.82 bits per heavy atom. The molecule has 0 bridgehead atoms. The fraction of sp³-hybridized carbons (Fsp3) is 0.688. The summed E-state index contributed by atoms with van der Waals surface area (Å²) >= 11 is 0. The summed E-state index contributed by atoms with van der Waals surface area (Å²) in [4.78, 5) is 11.9. The molecule has 2 rings (SSSR count). The van der Waals surface area contributed by atoms with Gasteiger partial charge in [0.2, 0.25) is 0 Å². The Morgan fingerprint density at radius 2 is 2.12 bits per heavy atom. The van der Waals surface area contributed by atoms with E-state index in [-0.39, 0.29) is 5.41 Å². The summed E-state index contributed by atoms with van der Waals surface area (Å²) in [6.07, 6.45) is 11.8. The zero-order chi connectivity index (χ0) is 12.5. The van der Waals surface area contributed by atoms with Gasteiger partial charge >= 0.3 is 0 Å². The Labute approximate surface area is 105 Å². The van der Waals surface area contributed by atoms with Gasteiger partial charge in [-0.25, -0.2) is 0 Å². The molecule has 0 N–H and O–H groups in total. The van der Waals surface area contributed by atoms with Crippen LogP contribution in [0.2, 0.25) is 0 Å². The monoisotopic (exact) mass is 232 g/mol. The van der Waals surface area contributed by atoms with Gasteiger partial charge in [0, 0.05) is 5.41 Å². The van der Waals surface area contributed by atoms with E-state index in [1.165, 1.54) is 31.3 Å². The summed E-state index contributed by atoms with van der Waals surface area (Å²) in [7, 11) is 0. The van der Waals surface area contributed by atoms with Crippen molar-refractivity contribution < 1.29 is 4.79 Å².